The molecule has 1 rings (SSSR count). The summed E-state index contributed by atoms with van der Waals surface area (Å²) in [5.74, 6) is -0.276. The van der Waals surface area contributed by atoms with Crippen LogP contribution in [0.3, 0.4) is 0 Å². The van der Waals surface area contributed by atoms with Crippen LogP contribution in [0.5, 0.6) is 0 Å². The molecule has 13 nitrogen and oxygen atoms in total. The first kappa shape index (κ1) is 48.8. The van der Waals surface area contributed by atoms with Crippen molar-refractivity contribution in [2.24, 2.45) is 0 Å². The molecule has 1 heterocycles. The Bertz CT molecular complexity index is 956. The molecule has 50 heavy (non-hydrogen) atoms. The van der Waals surface area contributed by atoms with Gasteiger partial charge in [0.05, 0.1) is 25.4 Å². The first-order valence-electron chi connectivity index (χ1n) is 19.1. The molecule has 14 heteroatoms. The van der Waals surface area contributed by atoms with Gasteiger partial charge in [0.1, 0.15) is 24.4 Å². The van der Waals surface area contributed by atoms with Crippen LogP contribution in [0.2, 0.25) is 0 Å². The van der Waals surface area contributed by atoms with Gasteiger partial charge < -0.3 is 45.9 Å². The van der Waals surface area contributed by atoms with E-state index in [2.05, 4.69) is 23.3 Å². The minimum atomic E-state index is -5.32. The van der Waals surface area contributed by atoms with Crippen LogP contribution >= 0.6 is 0 Å². The minimum absolute atomic E-state index is 0. The fraction of sp³-hybridized carbons (Fsp3) is 0.917. The molecule has 1 aliphatic rings. The average Bonchev–Trinajstić information content (AvgIpc) is 3.06. The summed E-state index contributed by atoms with van der Waals surface area (Å²) in [7, 11) is -5.32. The van der Waals surface area contributed by atoms with Crippen molar-refractivity contribution in [3.8, 4) is 0 Å². The molecule has 1 amide bonds. The number of carbonyl (C=O) groups excluding carboxylic acids is 1. The summed E-state index contributed by atoms with van der Waals surface area (Å²) >= 11 is 0. The molecule has 0 radical (unpaired) electrons. The molecule has 0 saturated carbocycles. The van der Waals surface area contributed by atoms with E-state index in [4.69, 9.17) is 9.47 Å². The van der Waals surface area contributed by atoms with Gasteiger partial charge in [-0.1, -0.05) is 142 Å². The molecule has 1 fully saturated rings. The Kier molecular flexibility index (Phi) is 29.6. The predicted molar refractivity (Wildman–Crippen MR) is 194 cm³/mol. The molecule has 2 unspecified atom stereocenters. The second-order valence-corrected chi connectivity index (χ2v) is 14.5. The number of carbonyl (C=O) groups is 1. The summed E-state index contributed by atoms with van der Waals surface area (Å²) in [5, 5.41) is 44.3. The average molecular weight is 741 g/mol. The number of unbranched alkanes of at least 4 members (excludes halogenated alkanes) is 19. The Morgan fingerprint density at radius 3 is 1.78 bits per heavy atom. The summed E-state index contributed by atoms with van der Waals surface area (Å²) in [6.45, 7) is 3.28. The zero-order valence-electron chi connectivity index (χ0n) is 31.2. The van der Waals surface area contributed by atoms with Gasteiger partial charge in [0.15, 0.2) is 6.29 Å². The fourth-order valence-electron chi connectivity index (χ4n) is 6.04. The van der Waals surface area contributed by atoms with E-state index in [9.17, 15) is 38.2 Å². The highest BCUT2D eigenvalue weighted by molar-refractivity contribution is 7.80. The van der Waals surface area contributed by atoms with Crippen molar-refractivity contribution in [2.75, 3.05) is 13.2 Å². The second kappa shape index (κ2) is 30.3. The third-order valence-corrected chi connectivity index (χ3v) is 9.52. The van der Waals surface area contributed by atoms with Crippen LogP contribution in [0, 0.1) is 0 Å². The summed E-state index contributed by atoms with van der Waals surface area (Å²) in [5.41, 5.74) is 0. The first-order chi connectivity index (χ1) is 23.5. The number of hydrogen-bond acceptors (Lipinski definition) is 11. The highest BCUT2D eigenvalue weighted by Crippen LogP contribution is 2.26. The van der Waals surface area contributed by atoms with Crippen LogP contribution in [0.25, 0.3) is 0 Å². The summed E-state index contributed by atoms with van der Waals surface area (Å²) < 4.78 is 49.0. The van der Waals surface area contributed by atoms with Crippen molar-refractivity contribution in [3.63, 3.8) is 0 Å². The number of ether oxygens (including phenoxy) is 2. The Labute approximate surface area is 302 Å². The van der Waals surface area contributed by atoms with Crippen molar-refractivity contribution >= 4 is 16.3 Å². The summed E-state index contributed by atoms with van der Waals surface area (Å²) in [6.07, 6.45) is 18.1. The monoisotopic (exact) mass is 740 g/mol. The number of rotatable bonds is 31. The maximum atomic E-state index is 12.8. The molecule has 9 N–H and O–H groups in total. The molecule has 1 saturated heterocycles. The van der Waals surface area contributed by atoms with Gasteiger partial charge in [0.2, 0.25) is 16.3 Å². The lowest BCUT2D eigenvalue weighted by Crippen LogP contribution is -2.61. The predicted octanol–water partition coefficient (Wildman–Crippen LogP) is 5.69. The minimum Gasteiger partial charge on any atom is -0.726 e. The SMILES string of the molecule is CCCCCCCCCCCCC/C=C/[C@@H](O)[C@H](CO[C@@H]1O[C@H](CO)[C@H](O)C(OS(=O)(=O)[O-])C1O)NC(=O)CCCCCCCCCCC.[NH4+]. The molecule has 0 aromatic heterocycles. The third-order valence-electron chi connectivity index (χ3n) is 9.06. The van der Waals surface area contributed by atoms with Gasteiger partial charge in [0, 0.05) is 6.42 Å². The summed E-state index contributed by atoms with van der Waals surface area (Å²) in [4.78, 5) is 12.8. The largest absolute Gasteiger partial charge is 0.726 e. The number of aliphatic hydroxyl groups is 4. The van der Waals surface area contributed by atoms with Gasteiger partial charge in [-0.05, 0) is 19.3 Å². The number of nitrogens with one attached hydrogen (secondary N) is 1. The maximum Gasteiger partial charge on any atom is 0.220 e. The molecule has 298 valence electrons. The third kappa shape index (κ3) is 23.4. The highest BCUT2D eigenvalue weighted by Gasteiger charge is 2.47. The van der Waals surface area contributed by atoms with Crippen molar-refractivity contribution < 1.29 is 51.8 Å². The normalized spacial score (nSPS) is 22.3. The van der Waals surface area contributed by atoms with E-state index in [1.165, 1.54) is 89.9 Å². The standard InChI is InChI=1S/C36H69NO11S.H3N/c1-3-5-7-9-11-13-14-15-16-18-19-21-23-25-30(39)29(37-32(40)26-24-22-20-17-12-10-8-6-4-2)28-46-36-34(42)35(48-49(43,44)45)33(41)31(27-38)47-36;/h23,25,29-31,33-36,38-39,41-42H,3-22,24,26-28H2,1-2H3,(H,37,40)(H,43,44,45);1H3/b25-23+;/t29-,30+,31+,33-,34?,35?,36+;/m0./s1. The van der Waals surface area contributed by atoms with E-state index in [1.807, 2.05) is 6.08 Å². The molecule has 7 atom stereocenters. The van der Waals surface area contributed by atoms with Gasteiger partial charge in [-0.15, -0.1) is 0 Å². The molecular formula is C36H72N2O11S. The number of quaternary nitrogens is 1. The number of aliphatic hydroxyl groups excluding tert-OH is 4. The van der Waals surface area contributed by atoms with E-state index >= 15 is 0 Å². The number of hydrogen-bond donors (Lipinski definition) is 6. The van der Waals surface area contributed by atoms with Crippen molar-refractivity contribution in [1.29, 1.82) is 0 Å². The van der Waals surface area contributed by atoms with E-state index < -0.39 is 59.9 Å². The molecule has 0 spiro atoms. The van der Waals surface area contributed by atoms with Crippen LogP contribution < -0.4 is 11.5 Å². The Balaban J connectivity index is 0.0000240. The molecule has 0 aromatic rings. The Morgan fingerprint density at radius 1 is 0.820 bits per heavy atom. The van der Waals surface area contributed by atoms with E-state index in [0.29, 0.717) is 6.42 Å². The molecule has 1 aliphatic heterocycles. The molecule has 0 aromatic carbocycles. The van der Waals surface area contributed by atoms with E-state index in [0.717, 1.165) is 38.5 Å². The lowest BCUT2D eigenvalue weighted by molar-refractivity contribution is -0.298. The van der Waals surface area contributed by atoms with Crippen molar-refractivity contribution in [3.05, 3.63) is 12.2 Å². The van der Waals surface area contributed by atoms with Crippen molar-refractivity contribution in [2.45, 2.75) is 198 Å². The van der Waals surface area contributed by atoms with Gasteiger partial charge in [-0.3, -0.25) is 8.98 Å². The quantitative estimate of drug-likeness (QED) is 0.0219. The lowest BCUT2D eigenvalue weighted by atomic mass is 9.99. The van der Waals surface area contributed by atoms with Gasteiger partial charge >= 0.3 is 0 Å². The number of amides is 1. The van der Waals surface area contributed by atoms with Crippen LogP contribution in [0.15, 0.2) is 12.2 Å². The van der Waals surface area contributed by atoms with Crippen LogP contribution in [-0.2, 0) is 28.9 Å². The topological polar surface area (TPSA) is 231 Å². The van der Waals surface area contributed by atoms with E-state index in [1.54, 1.807) is 6.08 Å². The first-order valence-corrected chi connectivity index (χ1v) is 20.4. The Morgan fingerprint density at radius 2 is 1.30 bits per heavy atom. The van der Waals surface area contributed by atoms with Gasteiger partial charge in [-0.25, -0.2) is 8.42 Å². The van der Waals surface area contributed by atoms with Crippen molar-refractivity contribution in [1.82, 2.24) is 11.5 Å². The van der Waals surface area contributed by atoms with Gasteiger partial charge in [0.25, 0.3) is 0 Å². The molecule has 0 aliphatic carbocycles. The lowest BCUT2D eigenvalue weighted by Gasteiger charge is -2.42. The van der Waals surface area contributed by atoms with Crippen LogP contribution in [-0.4, -0.2) is 95.4 Å². The van der Waals surface area contributed by atoms with E-state index in [-0.39, 0.29) is 25.1 Å². The molecule has 0 bridgehead atoms. The molecular weight excluding hydrogens is 668 g/mol. The Hall–Kier alpha value is -1.20. The zero-order chi connectivity index (χ0) is 36.3. The van der Waals surface area contributed by atoms with Gasteiger partial charge in [-0.2, -0.15) is 0 Å². The smallest absolute Gasteiger partial charge is 0.220 e. The highest BCUT2D eigenvalue weighted by atomic mass is 32.3. The van der Waals surface area contributed by atoms with Crippen LogP contribution in [0.1, 0.15) is 155 Å². The second-order valence-electron chi connectivity index (χ2n) is 13.5. The fourth-order valence-corrected chi connectivity index (χ4v) is 6.54. The van der Waals surface area contributed by atoms with Crippen LogP contribution in [0.4, 0.5) is 0 Å². The summed E-state index contributed by atoms with van der Waals surface area (Å²) in [6, 6.07) is -0.947. The maximum absolute atomic E-state index is 12.8. The zero-order valence-corrected chi connectivity index (χ0v) is 32.0. The number of allylic oxidation sites excluding steroid dienone is 1.